The van der Waals surface area contributed by atoms with Crippen LogP contribution in [-0.4, -0.2) is 31.0 Å². The molecule has 0 bridgehead atoms. The van der Waals surface area contributed by atoms with Crippen LogP contribution in [0, 0.1) is 6.92 Å². The summed E-state index contributed by atoms with van der Waals surface area (Å²) in [6, 6.07) is 5.51. The van der Waals surface area contributed by atoms with Crippen molar-refractivity contribution in [3.05, 3.63) is 29.3 Å². The molecule has 0 saturated heterocycles. The van der Waals surface area contributed by atoms with Crippen molar-refractivity contribution in [3.63, 3.8) is 0 Å². The summed E-state index contributed by atoms with van der Waals surface area (Å²) in [5, 5.41) is 0. The van der Waals surface area contributed by atoms with Gasteiger partial charge >= 0.3 is 0 Å². The van der Waals surface area contributed by atoms with Crippen molar-refractivity contribution >= 4 is 5.91 Å². The third kappa shape index (κ3) is 3.47. The Morgan fingerprint density at radius 1 is 1.50 bits per heavy atom. The quantitative estimate of drug-likeness (QED) is 0.865. The molecular formula is C14H22N2O2. The first-order valence-electron chi connectivity index (χ1n) is 6.13. The van der Waals surface area contributed by atoms with E-state index in [1.165, 1.54) is 0 Å². The van der Waals surface area contributed by atoms with E-state index in [0.717, 1.165) is 16.9 Å². The summed E-state index contributed by atoms with van der Waals surface area (Å²) < 4.78 is 5.30. The number of ether oxygens (including phenoxy) is 1. The zero-order chi connectivity index (χ0) is 13.7. The van der Waals surface area contributed by atoms with E-state index in [4.69, 9.17) is 10.5 Å². The molecule has 4 heteroatoms. The summed E-state index contributed by atoms with van der Waals surface area (Å²) in [7, 11) is 3.40. The molecule has 0 unspecified atom stereocenters. The van der Waals surface area contributed by atoms with Crippen LogP contribution in [0.4, 0.5) is 0 Å². The number of amides is 1. The Hall–Kier alpha value is -1.55. The smallest absolute Gasteiger partial charge is 0.239 e. The van der Waals surface area contributed by atoms with Crippen molar-refractivity contribution < 1.29 is 9.53 Å². The van der Waals surface area contributed by atoms with E-state index < -0.39 is 6.04 Å². The highest BCUT2D eigenvalue weighted by Crippen LogP contribution is 2.21. The molecule has 0 aliphatic heterocycles. The van der Waals surface area contributed by atoms with E-state index in [1.807, 2.05) is 32.0 Å². The third-order valence-corrected chi connectivity index (χ3v) is 2.98. The van der Waals surface area contributed by atoms with Crippen LogP contribution in [0.1, 0.15) is 24.5 Å². The lowest BCUT2D eigenvalue weighted by atomic mass is 10.1. The van der Waals surface area contributed by atoms with E-state index in [-0.39, 0.29) is 5.91 Å². The molecule has 1 aromatic rings. The van der Waals surface area contributed by atoms with E-state index in [0.29, 0.717) is 13.0 Å². The van der Waals surface area contributed by atoms with Crippen LogP contribution in [0.15, 0.2) is 18.2 Å². The molecule has 0 fully saturated rings. The van der Waals surface area contributed by atoms with Gasteiger partial charge in [-0.1, -0.05) is 24.6 Å². The van der Waals surface area contributed by atoms with Crippen LogP contribution in [0.3, 0.4) is 0 Å². The summed E-state index contributed by atoms with van der Waals surface area (Å²) >= 11 is 0. The summed E-state index contributed by atoms with van der Waals surface area (Å²) in [6.07, 6.45) is 0.647. The number of aryl methyl sites for hydroxylation is 1. The molecule has 4 nitrogen and oxygen atoms in total. The minimum Gasteiger partial charge on any atom is -0.496 e. The molecule has 0 spiro atoms. The Labute approximate surface area is 109 Å². The molecule has 18 heavy (non-hydrogen) atoms. The van der Waals surface area contributed by atoms with Crippen LogP contribution in [0.5, 0.6) is 5.75 Å². The Morgan fingerprint density at radius 3 is 2.72 bits per heavy atom. The van der Waals surface area contributed by atoms with Gasteiger partial charge in [-0.3, -0.25) is 4.79 Å². The molecule has 2 N–H and O–H groups in total. The van der Waals surface area contributed by atoms with E-state index in [9.17, 15) is 4.79 Å². The molecule has 1 atom stereocenters. The van der Waals surface area contributed by atoms with Gasteiger partial charge in [-0.25, -0.2) is 0 Å². The number of carbonyl (C=O) groups is 1. The van der Waals surface area contributed by atoms with Gasteiger partial charge in [0.15, 0.2) is 0 Å². The maximum Gasteiger partial charge on any atom is 0.239 e. The monoisotopic (exact) mass is 250 g/mol. The number of carbonyl (C=O) groups excluding carboxylic acids is 1. The standard InChI is InChI=1S/C14H22N2O2/c1-5-12(15)14(17)16(3)9-11-8-10(2)6-7-13(11)18-4/h6-8,12H,5,9,15H2,1-4H3/t12-/m0/s1. The Kier molecular flexibility index (Phi) is 5.16. The van der Waals surface area contributed by atoms with Gasteiger partial charge in [0.1, 0.15) is 5.75 Å². The van der Waals surface area contributed by atoms with Gasteiger partial charge in [-0.05, 0) is 19.4 Å². The van der Waals surface area contributed by atoms with E-state index in [1.54, 1.807) is 19.1 Å². The fraction of sp³-hybridized carbons (Fsp3) is 0.500. The SMILES string of the molecule is CC[C@H](N)C(=O)N(C)Cc1cc(C)ccc1OC. The maximum absolute atomic E-state index is 11.9. The molecule has 0 aromatic heterocycles. The second-order valence-electron chi connectivity index (χ2n) is 4.52. The molecular weight excluding hydrogens is 228 g/mol. The predicted octanol–water partition coefficient (Wildman–Crippen LogP) is 1.70. The van der Waals surface area contributed by atoms with Crippen molar-refractivity contribution in [2.24, 2.45) is 5.73 Å². The summed E-state index contributed by atoms with van der Waals surface area (Å²) in [5.74, 6) is 0.756. The van der Waals surface area contributed by atoms with Crippen LogP contribution >= 0.6 is 0 Å². The van der Waals surface area contributed by atoms with Crippen LogP contribution in [-0.2, 0) is 11.3 Å². The fourth-order valence-corrected chi connectivity index (χ4v) is 1.82. The predicted molar refractivity (Wildman–Crippen MR) is 72.5 cm³/mol. The van der Waals surface area contributed by atoms with Gasteiger partial charge < -0.3 is 15.4 Å². The van der Waals surface area contributed by atoms with Gasteiger partial charge in [0.2, 0.25) is 5.91 Å². The molecule has 0 radical (unpaired) electrons. The third-order valence-electron chi connectivity index (χ3n) is 2.98. The highest BCUT2D eigenvalue weighted by molar-refractivity contribution is 5.81. The molecule has 1 rings (SSSR count). The zero-order valence-corrected chi connectivity index (χ0v) is 11.6. The number of hydrogen-bond donors (Lipinski definition) is 1. The van der Waals surface area contributed by atoms with Crippen molar-refractivity contribution in [3.8, 4) is 5.75 Å². The number of methoxy groups -OCH3 is 1. The second-order valence-corrected chi connectivity index (χ2v) is 4.52. The van der Waals surface area contributed by atoms with Gasteiger partial charge in [0.05, 0.1) is 13.2 Å². The topological polar surface area (TPSA) is 55.6 Å². The van der Waals surface area contributed by atoms with Crippen molar-refractivity contribution in [1.82, 2.24) is 4.90 Å². The van der Waals surface area contributed by atoms with Crippen LogP contribution in [0.25, 0.3) is 0 Å². The highest BCUT2D eigenvalue weighted by atomic mass is 16.5. The van der Waals surface area contributed by atoms with Crippen molar-refractivity contribution in [2.45, 2.75) is 32.9 Å². The lowest BCUT2D eigenvalue weighted by molar-refractivity contribution is -0.131. The molecule has 0 aliphatic carbocycles. The summed E-state index contributed by atoms with van der Waals surface area (Å²) in [6.45, 7) is 4.43. The Balaban J connectivity index is 2.83. The van der Waals surface area contributed by atoms with Crippen LogP contribution in [0.2, 0.25) is 0 Å². The van der Waals surface area contributed by atoms with Gasteiger partial charge in [-0.15, -0.1) is 0 Å². The van der Waals surface area contributed by atoms with E-state index >= 15 is 0 Å². The van der Waals surface area contributed by atoms with Gasteiger partial charge in [-0.2, -0.15) is 0 Å². The molecule has 1 amide bonds. The first kappa shape index (κ1) is 14.5. The second kappa shape index (κ2) is 6.40. The number of rotatable bonds is 5. The van der Waals surface area contributed by atoms with Crippen molar-refractivity contribution in [2.75, 3.05) is 14.2 Å². The fourth-order valence-electron chi connectivity index (χ4n) is 1.82. The van der Waals surface area contributed by atoms with Crippen molar-refractivity contribution in [1.29, 1.82) is 0 Å². The molecule has 100 valence electrons. The molecule has 0 heterocycles. The number of hydrogen-bond acceptors (Lipinski definition) is 3. The van der Waals surface area contributed by atoms with Crippen LogP contribution < -0.4 is 10.5 Å². The molecule has 0 saturated carbocycles. The number of likely N-dealkylation sites (N-methyl/N-ethyl adjacent to an activating group) is 1. The Morgan fingerprint density at radius 2 is 2.17 bits per heavy atom. The number of nitrogens with two attached hydrogens (primary N) is 1. The average Bonchev–Trinajstić information content (AvgIpc) is 2.37. The zero-order valence-electron chi connectivity index (χ0n) is 11.6. The maximum atomic E-state index is 11.9. The largest absolute Gasteiger partial charge is 0.496 e. The normalized spacial score (nSPS) is 12.1. The first-order valence-corrected chi connectivity index (χ1v) is 6.13. The number of benzene rings is 1. The van der Waals surface area contributed by atoms with E-state index in [2.05, 4.69) is 0 Å². The lowest BCUT2D eigenvalue weighted by Gasteiger charge is -2.22. The molecule has 1 aromatic carbocycles. The lowest BCUT2D eigenvalue weighted by Crippen LogP contribution is -2.40. The highest BCUT2D eigenvalue weighted by Gasteiger charge is 2.17. The van der Waals surface area contributed by atoms with Gasteiger partial charge in [0, 0.05) is 19.2 Å². The van der Waals surface area contributed by atoms with Gasteiger partial charge in [0.25, 0.3) is 0 Å². The summed E-state index contributed by atoms with van der Waals surface area (Å²) in [4.78, 5) is 13.6. The number of nitrogens with zero attached hydrogens (tertiary/aromatic N) is 1. The molecule has 0 aliphatic rings. The minimum absolute atomic E-state index is 0.0407. The summed E-state index contributed by atoms with van der Waals surface area (Å²) in [5.41, 5.74) is 7.89. The first-order chi connectivity index (χ1) is 8.49. The minimum atomic E-state index is -0.425. The average molecular weight is 250 g/mol. The Bertz CT molecular complexity index is 418.